The van der Waals surface area contributed by atoms with Gasteiger partial charge in [0, 0.05) is 32.7 Å². The van der Waals surface area contributed by atoms with Gasteiger partial charge in [0.05, 0.1) is 0 Å². The van der Waals surface area contributed by atoms with Crippen LogP contribution in [0.1, 0.15) is 26.3 Å². The second-order valence-electron chi connectivity index (χ2n) is 3.20. The first-order valence-corrected chi connectivity index (χ1v) is 3.94. The summed E-state index contributed by atoms with van der Waals surface area (Å²) in [6, 6.07) is 2.06. The van der Waals surface area contributed by atoms with E-state index in [1.165, 1.54) is 5.56 Å². The predicted molar refractivity (Wildman–Crippen MR) is 41.9 cm³/mol. The van der Waals surface area contributed by atoms with Gasteiger partial charge in [-0.05, 0) is 0 Å². The van der Waals surface area contributed by atoms with E-state index in [0.717, 1.165) is 0 Å². The fraction of sp³-hybridized carbons (Fsp3) is 0.500. The van der Waals surface area contributed by atoms with Gasteiger partial charge < -0.3 is 11.3 Å². The van der Waals surface area contributed by atoms with Crippen LogP contribution < -0.4 is 0 Å². The van der Waals surface area contributed by atoms with Crippen LogP contribution in [0.15, 0.2) is 11.4 Å². The smallest absolute Gasteiger partial charge is 0 e. The first-order valence-electron chi connectivity index (χ1n) is 3.06. The summed E-state index contributed by atoms with van der Waals surface area (Å²) in [6.45, 7) is 6.63. The quantitative estimate of drug-likeness (QED) is 0.599. The molecular weight excluding hydrogens is 217 g/mol. The molecule has 1 aromatic rings. The van der Waals surface area contributed by atoms with Gasteiger partial charge in [0.1, 0.15) is 0 Å². The molecule has 53 valence electrons. The van der Waals surface area contributed by atoms with Crippen molar-refractivity contribution in [2.45, 2.75) is 26.2 Å². The normalized spacial score (nSPS) is 10.7. The molecule has 0 saturated carbocycles. The molecule has 0 saturated heterocycles. The minimum Gasteiger partial charge on any atom is -0.304 e. The maximum Gasteiger partial charge on any atom is 0 e. The number of hydrogen-bond acceptors (Lipinski definition) is 1. The molecule has 0 fully saturated rings. The largest absolute Gasteiger partial charge is 0.304 e. The van der Waals surface area contributed by atoms with Crippen molar-refractivity contribution in [1.29, 1.82) is 0 Å². The standard InChI is InChI=1S/C8H11S.Y/c1-8(2,3)7-4-5-9-6-7;/h4,6H,1-3H3;/q-1;. The van der Waals surface area contributed by atoms with E-state index in [1.54, 1.807) is 11.3 Å². The SMILES string of the molecule is CC(C)(C)c1c[c-]sc1.[Y]. The zero-order valence-corrected chi connectivity index (χ0v) is 10.3. The Morgan fingerprint density at radius 2 is 2.00 bits per heavy atom. The molecule has 0 atom stereocenters. The van der Waals surface area contributed by atoms with E-state index in [-0.39, 0.29) is 32.7 Å². The predicted octanol–water partition coefficient (Wildman–Crippen LogP) is 2.84. The number of hydrogen-bond donors (Lipinski definition) is 0. The van der Waals surface area contributed by atoms with Gasteiger partial charge in [0.2, 0.25) is 0 Å². The molecule has 0 N–H and O–H groups in total. The summed E-state index contributed by atoms with van der Waals surface area (Å²) in [5, 5.41) is 5.23. The molecule has 1 radical (unpaired) electrons. The fourth-order valence-electron chi connectivity index (χ4n) is 0.622. The first-order chi connectivity index (χ1) is 4.11. The molecule has 0 bridgehead atoms. The third kappa shape index (κ3) is 2.81. The Bertz CT molecular complexity index is 172. The van der Waals surface area contributed by atoms with Crippen molar-refractivity contribution in [2.24, 2.45) is 0 Å². The Labute approximate surface area is 91.9 Å². The van der Waals surface area contributed by atoms with E-state index in [9.17, 15) is 0 Å². The molecule has 0 aliphatic heterocycles. The molecule has 0 amide bonds. The van der Waals surface area contributed by atoms with E-state index in [1.807, 2.05) is 0 Å². The van der Waals surface area contributed by atoms with Gasteiger partial charge in [0.25, 0.3) is 0 Å². The second-order valence-corrected chi connectivity index (χ2v) is 3.91. The summed E-state index contributed by atoms with van der Waals surface area (Å²) in [4.78, 5) is 0. The van der Waals surface area contributed by atoms with Crippen molar-refractivity contribution in [3.05, 3.63) is 22.4 Å². The maximum atomic E-state index is 3.08. The summed E-state index contributed by atoms with van der Waals surface area (Å²) in [7, 11) is 0. The van der Waals surface area contributed by atoms with Crippen LogP contribution >= 0.6 is 11.3 Å². The molecular formula is C8H11SY-. The van der Waals surface area contributed by atoms with Crippen molar-refractivity contribution in [2.75, 3.05) is 0 Å². The first kappa shape index (κ1) is 10.8. The Balaban J connectivity index is 0.000000810. The van der Waals surface area contributed by atoms with Crippen molar-refractivity contribution >= 4 is 11.3 Å². The summed E-state index contributed by atoms with van der Waals surface area (Å²) in [6.07, 6.45) is 0. The van der Waals surface area contributed by atoms with Gasteiger partial charge in [0.15, 0.2) is 0 Å². The van der Waals surface area contributed by atoms with E-state index in [4.69, 9.17) is 0 Å². The molecule has 10 heavy (non-hydrogen) atoms. The van der Waals surface area contributed by atoms with Gasteiger partial charge in [-0.25, -0.2) is 0 Å². The van der Waals surface area contributed by atoms with Gasteiger partial charge in [-0.3, -0.25) is 0 Å². The number of thiophene rings is 1. The van der Waals surface area contributed by atoms with Crippen molar-refractivity contribution < 1.29 is 32.7 Å². The molecule has 0 nitrogen and oxygen atoms in total. The average Bonchev–Trinajstić information content (AvgIpc) is 2.08. The number of rotatable bonds is 0. The van der Waals surface area contributed by atoms with E-state index in [0.29, 0.717) is 5.41 Å². The van der Waals surface area contributed by atoms with Crippen molar-refractivity contribution in [1.82, 2.24) is 0 Å². The topological polar surface area (TPSA) is 0 Å². The van der Waals surface area contributed by atoms with Crippen LogP contribution in [0.4, 0.5) is 0 Å². The van der Waals surface area contributed by atoms with Gasteiger partial charge in [-0.2, -0.15) is 17.0 Å². The molecule has 1 rings (SSSR count). The molecule has 0 aromatic carbocycles. The van der Waals surface area contributed by atoms with Gasteiger partial charge in [-0.15, -0.1) is 5.38 Å². The Morgan fingerprint density at radius 1 is 1.40 bits per heavy atom. The molecule has 0 spiro atoms. The average molecular weight is 228 g/mol. The second kappa shape index (κ2) is 3.99. The summed E-state index contributed by atoms with van der Waals surface area (Å²) >= 11 is 1.64. The van der Waals surface area contributed by atoms with Crippen LogP contribution in [0.5, 0.6) is 0 Å². The Hall–Kier alpha value is 0.804. The summed E-state index contributed by atoms with van der Waals surface area (Å²) in [5.41, 5.74) is 1.68. The van der Waals surface area contributed by atoms with Crippen LogP contribution in [0.2, 0.25) is 0 Å². The van der Waals surface area contributed by atoms with Gasteiger partial charge in [-0.1, -0.05) is 26.2 Å². The van der Waals surface area contributed by atoms with E-state index >= 15 is 0 Å². The zero-order chi connectivity index (χ0) is 6.91. The van der Waals surface area contributed by atoms with Crippen LogP contribution in [0.3, 0.4) is 0 Å². The molecule has 1 heterocycles. The molecule has 0 unspecified atom stereocenters. The maximum absolute atomic E-state index is 3.08. The van der Waals surface area contributed by atoms with Crippen molar-refractivity contribution in [3.8, 4) is 0 Å². The Kier molecular flexibility index (Phi) is 4.31. The van der Waals surface area contributed by atoms with Gasteiger partial charge >= 0.3 is 0 Å². The van der Waals surface area contributed by atoms with E-state index < -0.39 is 0 Å². The van der Waals surface area contributed by atoms with E-state index in [2.05, 4.69) is 37.6 Å². The molecule has 0 aliphatic carbocycles. The third-order valence-corrected chi connectivity index (χ3v) is 1.96. The van der Waals surface area contributed by atoms with Crippen LogP contribution in [-0.2, 0) is 38.1 Å². The summed E-state index contributed by atoms with van der Waals surface area (Å²) < 4.78 is 0. The Morgan fingerprint density at radius 3 is 2.20 bits per heavy atom. The minimum absolute atomic E-state index is 0. The molecule has 1 aromatic heterocycles. The minimum atomic E-state index is 0. The van der Waals surface area contributed by atoms with Crippen LogP contribution in [0.25, 0.3) is 0 Å². The molecule has 2 heteroatoms. The molecule has 0 aliphatic rings. The third-order valence-electron chi connectivity index (χ3n) is 1.33. The summed E-state index contributed by atoms with van der Waals surface area (Å²) in [5.74, 6) is 0. The fourth-order valence-corrected chi connectivity index (χ4v) is 1.43. The van der Waals surface area contributed by atoms with Crippen LogP contribution in [-0.4, -0.2) is 0 Å². The van der Waals surface area contributed by atoms with Crippen molar-refractivity contribution in [3.63, 3.8) is 0 Å². The van der Waals surface area contributed by atoms with Crippen LogP contribution in [0, 0.1) is 5.38 Å². The monoisotopic (exact) mass is 228 g/mol. The zero-order valence-electron chi connectivity index (χ0n) is 6.64.